The largest absolute Gasteiger partial charge is 0.381 e. The lowest BCUT2D eigenvalue weighted by Crippen LogP contribution is -2.50. The molecule has 5 heteroatoms. The van der Waals surface area contributed by atoms with E-state index in [4.69, 9.17) is 4.74 Å². The monoisotopic (exact) mass is 387 g/mol. The number of thioether (sulfide) groups is 1. The van der Waals surface area contributed by atoms with Gasteiger partial charge < -0.3 is 15.0 Å². The van der Waals surface area contributed by atoms with E-state index in [0.29, 0.717) is 0 Å². The van der Waals surface area contributed by atoms with Gasteiger partial charge in [0.15, 0.2) is 5.96 Å². The van der Waals surface area contributed by atoms with E-state index in [2.05, 4.69) is 70.3 Å². The zero-order valence-corrected chi connectivity index (χ0v) is 17.6. The highest BCUT2D eigenvalue weighted by molar-refractivity contribution is 8.00. The summed E-state index contributed by atoms with van der Waals surface area (Å²) in [5.74, 6) is 2.20. The molecule has 2 aliphatic heterocycles. The second kappa shape index (κ2) is 10.2. The van der Waals surface area contributed by atoms with Gasteiger partial charge in [0.25, 0.3) is 0 Å². The van der Waals surface area contributed by atoms with Crippen LogP contribution in [-0.4, -0.2) is 61.3 Å². The fourth-order valence-corrected chi connectivity index (χ4v) is 5.17. The van der Waals surface area contributed by atoms with Crippen molar-refractivity contribution in [1.29, 1.82) is 0 Å². The van der Waals surface area contributed by atoms with E-state index in [9.17, 15) is 0 Å². The molecule has 1 N–H and O–H groups in total. The van der Waals surface area contributed by atoms with Crippen LogP contribution in [0.1, 0.15) is 38.2 Å². The first-order valence-electron chi connectivity index (χ1n) is 10.2. The maximum absolute atomic E-state index is 5.59. The topological polar surface area (TPSA) is 36.9 Å². The Labute approximate surface area is 168 Å². The molecule has 0 atom stereocenters. The molecule has 2 heterocycles. The number of aliphatic imine (C=N–C) groups is 1. The first-order chi connectivity index (χ1) is 13.2. The summed E-state index contributed by atoms with van der Waals surface area (Å²) in [4.78, 5) is 6.98. The molecule has 0 amide bonds. The van der Waals surface area contributed by atoms with Crippen LogP contribution >= 0.6 is 11.8 Å². The number of nitrogens with one attached hydrogen (secondary N) is 1. The highest BCUT2D eigenvalue weighted by Crippen LogP contribution is 2.34. The molecule has 0 saturated carbocycles. The predicted octanol–water partition coefficient (Wildman–Crippen LogP) is 4.04. The number of guanidine groups is 1. The molecular weight excluding hydrogens is 354 g/mol. The Balaban J connectivity index is 1.53. The van der Waals surface area contributed by atoms with E-state index in [1.54, 1.807) is 0 Å². The Kier molecular flexibility index (Phi) is 7.65. The molecule has 1 aromatic carbocycles. The Bertz CT molecular complexity index is 623. The molecule has 3 rings (SSSR count). The minimum Gasteiger partial charge on any atom is -0.381 e. The third-order valence-corrected chi connectivity index (χ3v) is 6.96. The first kappa shape index (κ1) is 20.3. The third-order valence-electron chi connectivity index (χ3n) is 5.51. The second-order valence-electron chi connectivity index (χ2n) is 7.33. The fraction of sp³-hybridized carbons (Fsp3) is 0.591. The van der Waals surface area contributed by atoms with E-state index in [0.717, 1.165) is 70.2 Å². The van der Waals surface area contributed by atoms with Gasteiger partial charge in [-0.3, -0.25) is 4.99 Å². The molecule has 0 radical (unpaired) electrons. The van der Waals surface area contributed by atoms with Gasteiger partial charge in [0, 0.05) is 44.6 Å². The summed E-state index contributed by atoms with van der Waals surface area (Å²) in [5, 5.41) is 3.68. The fourth-order valence-electron chi connectivity index (χ4n) is 3.93. The summed E-state index contributed by atoms with van der Waals surface area (Å²) < 4.78 is 5.88. The van der Waals surface area contributed by atoms with Gasteiger partial charge in [-0.25, -0.2) is 0 Å². The lowest BCUT2D eigenvalue weighted by Gasteiger charge is -2.38. The van der Waals surface area contributed by atoms with Crippen molar-refractivity contribution >= 4 is 23.8 Å². The Hall–Kier alpha value is -1.46. The standard InChI is InChI=1S/C22H33N3OS/c1-3-27-22(11-15-26-16-12-22)18-24-21(23-2)25-13-9-20(10-14-25)17-19-7-5-4-6-8-19/h4-8,17H,3,9-16,18H2,1-2H3,(H,23,24). The van der Waals surface area contributed by atoms with Crippen LogP contribution < -0.4 is 5.32 Å². The summed E-state index contributed by atoms with van der Waals surface area (Å²) in [7, 11) is 1.90. The summed E-state index contributed by atoms with van der Waals surface area (Å²) >= 11 is 2.08. The molecule has 27 heavy (non-hydrogen) atoms. The lowest BCUT2D eigenvalue weighted by molar-refractivity contribution is 0.0780. The van der Waals surface area contributed by atoms with Crippen LogP contribution in [0.25, 0.3) is 6.08 Å². The number of hydrogen-bond donors (Lipinski definition) is 1. The van der Waals surface area contributed by atoms with Crippen molar-refractivity contribution in [3.05, 3.63) is 41.5 Å². The van der Waals surface area contributed by atoms with E-state index >= 15 is 0 Å². The third kappa shape index (κ3) is 5.76. The Morgan fingerprint density at radius 3 is 2.56 bits per heavy atom. The molecule has 0 aromatic heterocycles. The highest BCUT2D eigenvalue weighted by Gasteiger charge is 2.33. The van der Waals surface area contributed by atoms with Crippen LogP contribution in [0.5, 0.6) is 0 Å². The number of benzene rings is 1. The van der Waals surface area contributed by atoms with Gasteiger partial charge in [0.2, 0.25) is 0 Å². The van der Waals surface area contributed by atoms with Gasteiger partial charge in [-0.15, -0.1) is 0 Å². The summed E-state index contributed by atoms with van der Waals surface area (Å²) in [6.07, 6.45) is 6.82. The zero-order valence-electron chi connectivity index (χ0n) is 16.7. The van der Waals surface area contributed by atoms with Gasteiger partial charge in [-0.1, -0.05) is 48.9 Å². The van der Waals surface area contributed by atoms with Crippen LogP contribution in [0.15, 0.2) is 40.9 Å². The van der Waals surface area contributed by atoms with Crippen molar-refractivity contribution < 1.29 is 4.74 Å². The van der Waals surface area contributed by atoms with Crippen LogP contribution in [-0.2, 0) is 4.74 Å². The first-order valence-corrected chi connectivity index (χ1v) is 11.1. The highest BCUT2D eigenvalue weighted by atomic mass is 32.2. The van der Waals surface area contributed by atoms with Crippen molar-refractivity contribution in [2.75, 3.05) is 45.6 Å². The molecule has 2 saturated heterocycles. The molecule has 0 spiro atoms. The number of nitrogens with zero attached hydrogens (tertiary/aromatic N) is 2. The minimum atomic E-state index is 0.289. The van der Waals surface area contributed by atoms with Crippen LogP contribution in [0, 0.1) is 0 Å². The van der Waals surface area contributed by atoms with E-state index in [1.165, 1.54) is 11.1 Å². The number of likely N-dealkylation sites (tertiary alicyclic amines) is 1. The average Bonchev–Trinajstić information content (AvgIpc) is 2.71. The van der Waals surface area contributed by atoms with Crippen LogP contribution in [0.3, 0.4) is 0 Å². The molecule has 0 bridgehead atoms. The SMILES string of the molecule is CCSC1(CNC(=NC)N2CCC(=Cc3ccccc3)CC2)CCOCC1. The number of rotatable bonds is 5. The molecule has 2 aliphatic rings. The smallest absolute Gasteiger partial charge is 0.193 e. The Morgan fingerprint density at radius 2 is 1.93 bits per heavy atom. The van der Waals surface area contributed by atoms with Gasteiger partial charge in [-0.05, 0) is 37.0 Å². The molecular formula is C22H33N3OS. The van der Waals surface area contributed by atoms with Gasteiger partial charge in [0.1, 0.15) is 0 Å². The van der Waals surface area contributed by atoms with Crippen molar-refractivity contribution in [1.82, 2.24) is 10.2 Å². The lowest BCUT2D eigenvalue weighted by atomic mass is 9.99. The van der Waals surface area contributed by atoms with Gasteiger partial charge >= 0.3 is 0 Å². The van der Waals surface area contributed by atoms with Crippen LogP contribution in [0.4, 0.5) is 0 Å². The molecule has 1 aromatic rings. The van der Waals surface area contributed by atoms with Crippen molar-refractivity contribution in [2.24, 2.45) is 4.99 Å². The summed E-state index contributed by atoms with van der Waals surface area (Å²) in [6.45, 7) is 7.06. The second-order valence-corrected chi connectivity index (χ2v) is 9.06. The molecule has 148 valence electrons. The zero-order chi connectivity index (χ0) is 19.0. The number of hydrogen-bond acceptors (Lipinski definition) is 3. The molecule has 0 aliphatic carbocycles. The van der Waals surface area contributed by atoms with E-state index in [-0.39, 0.29) is 4.75 Å². The summed E-state index contributed by atoms with van der Waals surface area (Å²) in [6, 6.07) is 10.6. The number of piperidine rings is 1. The molecule has 2 fully saturated rings. The average molecular weight is 388 g/mol. The minimum absolute atomic E-state index is 0.289. The number of ether oxygens (including phenoxy) is 1. The Morgan fingerprint density at radius 1 is 1.22 bits per heavy atom. The van der Waals surface area contributed by atoms with E-state index in [1.807, 2.05) is 7.05 Å². The maximum atomic E-state index is 5.59. The van der Waals surface area contributed by atoms with Crippen molar-refractivity contribution in [2.45, 2.75) is 37.4 Å². The van der Waals surface area contributed by atoms with Crippen molar-refractivity contribution in [3.8, 4) is 0 Å². The van der Waals surface area contributed by atoms with E-state index < -0.39 is 0 Å². The summed E-state index contributed by atoms with van der Waals surface area (Å²) in [5.41, 5.74) is 2.84. The maximum Gasteiger partial charge on any atom is 0.193 e. The quantitative estimate of drug-likeness (QED) is 0.611. The van der Waals surface area contributed by atoms with Crippen LogP contribution in [0.2, 0.25) is 0 Å². The van der Waals surface area contributed by atoms with Gasteiger partial charge in [-0.2, -0.15) is 11.8 Å². The molecule has 4 nitrogen and oxygen atoms in total. The van der Waals surface area contributed by atoms with Gasteiger partial charge in [0.05, 0.1) is 0 Å². The predicted molar refractivity (Wildman–Crippen MR) is 118 cm³/mol. The molecule has 0 unspecified atom stereocenters. The normalized spacial score (nSPS) is 20.4. The van der Waals surface area contributed by atoms with Crippen molar-refractivity contribution in [3.63, 3.8) is 0 Å².